The van der Waals surface area contributed by atoms with Crippen LogP contribution in [0.1, 0.15) is 48.0 Å². The van der Waals surface area contributed by atoms with Crippen LogP contribution in [-0.2, 0) is 0 Å². The van der Waals surface area contributed by atoms with Crippen molar-refractivity contribution < 1.29 is 10.2 Å². The molecule has 0 heterocycles. The summed E-state index contributed by atoms with van der Waals surface area (Å²) in [6.07, 6.45) is 4.24. The zero-order valence-electron chi connectivity index (χ0n) is 12.6. The first-order valence-electron chi connectivity index (χ1n) is 6.90. The van der Waals surface area contributed by atoms with Crippen molar-refractivity contribution in [3.63, 3.8) is 0 Å². The van der Waals surface area contributed by atoms with Crippen LogP contribution in [0.3, 0.4) is 0 Å². The Kier molecular flexibility index (Phi) is 4.79. The van der Waals surface area contributed by atoms with Gasteiger partial charge in [-0.05, 0) is 46.0 Å². The van der Waals surface area contributed by atoms with Crippen LogP contribution in [0, 0.1) is 17.8 Å². The summed E-state index contributed by atoms with van der Waals surface area (Å²) in [6.45, 7) is 12.3. The largest absolute Gasteiger partial charge is 0.390 e. The zero-order chi connectivity index (χ0) is 14.1. The Morgan fingerprint density at radius 2 is 1.83 bits per heavy atom. The molecule has 0 radical (unpaired) electrons. The van der Waals surface area contributed by atoms with Gasteiger partial charge in [-0.15, -0.1) is 0 Å². The molecule has 0 aromatic carbocycles. The first-order valence-corrected chi connectivity index (χ1v) is 6.90. The highest BCUT2D eigenvalue weighted by atomic mass is 16.3. The molecule has 4 atom stereocenters. The van der Waals surface area contributed by atoms with Gasteiger partial charge in [0.05, 0.1) is 11.7 Å². The Hall–Kier alpha value is -0.600. The molecular weight excluding hydrogens is 224 g/mol. The lowest BCUT2D eigenvalue weighted by Gasteiger charge is -2.30. The Balaban J connectivity index is 2.98. The van der Waals surface area contributed by atoms with Crippen molar-refractivity contribution in [2.45, 2.75) is 59.7 Å². The second-order valence-electron chi connectivity index (χ2n) is 6.45. The number of allylic oxidation sites excluding steroid dienone is 3. The van der Waals surface area contributed by atoms with E-state index in [0.717, 1.165) is 0 Å². The summed E-state index contributed by atoms with van der Waals surface area (Å²) in [6, 6.07) is 0. The zero-order valence-corrected chi connectivity index (χ0v) is 12.6. The third-order valence-electron chi connectivity index (χ3n) is 4.50. The molecule has 0 saturated heterocycles. The van der Waals surface area contributed by atoms with Gasteiger partial charge in [0.15, 0.2) is 0 Å². The standard InChI is InChI=1S/C16H28O2/c1-10(2)12(5)7-8-14-13(11(3)4)9-15(17)16(14,6)18/h7-8,11,13-15,17-18H,9H2,1-6H3/b8-7+/t13-,14+,15+,16-/m1/s1. The molecule has 1 aliphatic carbocycles. The number of hydrogen-bond acceptors (Lipinski definition) is 2. The number of aliphatic hydroxyl groups excluding tert-OH is 1. The minimum atomic E-state index is -1.01. The van der Waals surface area contributed by atoms with E-state index in [-0.39, 0.29) is 5.92 Å². The molecule has 0 aliphatic heterocycles. The van der Waals surface area contributed by atoms with E-state index in [2.05, 4.69) is 46.8 Å². The normalized spacial score (nSPS) is 36.6. The van der Waals surface area contributed by atoms with Crippen molar-refractivity contribution in [1.29, 1.82) is 0 Å². The van der Waals surface area contributed by atoms with Gasteiger partial charge >= 0.3 is 0 Å². The Morgan fingerprint density at radius 3 is 2.28 bits per heavy atom. The third kappa shape index (κ3) is 3.04. The molecule has 0 aromatic rings. The van der Waals surface area contributed by atoms with Gasteiger partial charge in [-0.25, -0.2) is 0 Å². The molecule has 0 amide bonds. The van der Waals surface area contributed by atoms with Gasteiger partial charge in [0.1, 0.15) is 0 Å². The molecule has 0 unspecified atom stereocenters. The van der Waals surface area contributed by atoms with Gasteiger partial charge in [-0.3, -0.25) is 0 Å². The summed E-state index contributed by atoms with van der Waals surface area (Å²) in [5.74, 6) is 0.841. The molecule has 1 fully saturated rings. The van der Waals surface area contributed by atoms with E-state index in [1.54, 1.807) is 6.92 Å². The number of rotatable bonds is 3. The maximum absolute atomic E-state index is 10.5. The molecule has 104 valence electrons. The van der Waals surface area contributed by atoms with Crippen molar-refractivity contribution in [3.8, 4) is 0 Å². The van der Waals surface area contributed by atoms with Gasteiger partial charge in [-0.2, -0.15) is 0 Å². The Bertz CT molecular complexity index is 346. The van der Waals surface area contributed by atoms with E-state index < -0.39 is 11.7 Å². The maximum atomic E-state index is 10.5. The maximum Gasteiger partial charge on any atom is 0.0942 e. The van der Waals surface area contributed by atoms with E-state index in [1.165, 1.54) is 11.1 Å². The number of hydrogen-bond donors (Lipinski definition) is 2. The highest BCUT2D eigenvalue weighted by Gasteiger charge is 2.49. The smallest absolute Gasteiger partial charge is 0.0942 e. The monoisotopic (exact) mass is 252 g/mol. The van der Waals surface area contributed by atoms with E-state index in [4.69, 9.17) is 0 Å². The molecule has 0 aromatic heterocycles. The lowest BCUT2D eigenvalue weighted by atomic mass is 9.80. The second-order valence-corrected chi connectivity index (χ2v) is 6.45. The summed E-state index contributed by atoms with van der Waals surface area (Å²) < 4.78 is 0. The lowest BCUT2D eigenvalue weighted by molar-refractivity contribution is -0.0581. The van der Waals surface area contributed by atoms with Gasteiger partial charge in [-0.1, -0.05) is 37.1 Å². The molecule has 1 aliphatic rings. The van der Waals surface area contributed by atoms with Crippen LogP contribution in [0.5, 0.6) is 0 Å². The summed E-state index contributed by atoms with van der Waals surface area (Å²) in [5.41, 5.74) is 1.51. The summed E-state index contributed by atoms with van der Waals surface area (Å²) in [5, 5.41) is 20.5. The van der Waals surface area contributed by atoms with Crippen molar-refractivity contribution in [2.24, 2.45) is 17.8 Å². The molecule has 1 rings (SSSR count). The van der Waals surface area contributed by atoms with Crippen molar-refractivity contribution in [1.82, 2.24) is 0 Å². The first kappa shape index (κ1) is 15.5. The number of aliphatic hydroxyl groups is 2. The molecule has 18 heavy (non-hydrogen) atoms. The van der Waals surface area contributed by atoms with Crippen LogP contribution in [0.15, 0.2) is 23.3 Å². The topological polar surface area (TPSA) is 40.5 Å². The average Bonchev–Trinajstić information content (AvgIpc) is 2.47. The highest BCUT2D eigenvalue weighted by molar-refractivity contribution is 5.23. The van der Waals surface area contributed by atoms with Crippen molar-refractivity contribution in [2.75, 3.05) is 0 Å². The van der Waals surface area contributed by atoms with Gasteiger partial charge in [0, 0.05) is 5.92 Å². The minimum absolute atomic E-state index is 0.0294. The highest BCUT2D eigenvalue weighted by Crippen LogP contribution is 2.44. The van der Waals surface area contributed by atoms with Crippen LogP contribution < -0.4 is 0 Å². The van der Waals surface area contributed by atoms with E-state index in [1.807, 2.05) is 0 Å². The fourth-order valence-corrected chi connectivity index (χ4v) is 2.74. The van der Waals surface area contributed by atoms with Crippen LogP contribution in [0.2, 0.25) is 0 Å². The second kappa shape index (κ2) is 5.58. The van der Waals surface area contributed by atoms with E-state index in [9.17, 15) is 10.2 Å². The quantitative estimate of drug-likeness (QED) is 0.757. The van der Waals surface area contributed by atoms with Crippen molar-refractivity contribution in [3.05, 3.63) is 23.3 Å². The predicted octanol–water partition coefficient (Wildman–Crippen LogP) is 3.30. The summed E-state index contributed by atoms with van der Waals surface area (Å²) in [7, 11) is 0. The fourth-order valence-electron chi connectivity index (χ4n) is 2.74. The molecule has 1 saturated carbocycles. The van der Waals surface area contributed by atoms with E-state index in [0.29, 0.717) is 18.3 Å². The molecule has 2 N–H and O–H groups in total. The van der Waals surface area contributed by atoms with Crippen molar-refractivity contribution >= 4 is 0 Å². The van der Waals surface area contributed by atoms with Crippen LogP contribution >= 0.6 is 0 Å². The average molecular weight is 252 g/mol. The van der Waals surface area contributed by atoms with E-state index >= 15 is 0 Å². The van der Waals surface area contributed by atoms with Gasteiger partial charge in [0.25, 0.3) is 0 Å². The lowest BCUT2D eigenvalue weighted by Crippen LogP contribution is -2.40. The molecular formula is C16H28O2. The predicted molar refractivity (Wildman–Crippen MR) is 76.3 cm³/mol. The SMILES string of the molecule is CC(C)=C(C)/C=C/[C@H]1[C@@H](C(C)C)C[C@H](O)[C@]1(C)O. The van der Waals surface area contributed by atoms with Crippen LogP contribution in [-0.4, -0.2) is 21.9 Å². The minimum Gasteiger partial charge on any atom is -0.390 e. The Morgan fingerprint density at radius 1 is 1.28 bits per heavy atom. The Labute approximate surface area is 111 Å². The molecule has 0 spiro atoms. The third-order valence-corrected chi connectivity index (χ3v) is 4.50. The van der Waals surface area contributed by atoms with Gasteiger partial charge < -0.3 is 10.2 Å². The van der Waals surface area contributed by atoms with Crippen LogP contribution in [0.4, 0.5) is 0 Å². The van der Waals surface area contributed by atoms with Crippen LogP contribution in [0.25, 0.3) is 0 Å². The van der Waals surface area contributed by atoms with Gasteiger partial charge in [0.2, 0.25) is 0 Å². The molecule has 0 bridgehead atoms. The molecule has 2 nitrogen and oxygen atoms in total. The summed E-state index contributed by atoms with van der Waals surface area (Å²) >= 11 is 0. The fraction of sp³-hybridized carbons (Fsp3) is 0.750. The summed E-state index contributed by atoms with van der Waals surface area (Å²) in [4.78, 5) is 0. The first-order chi connectivity index (χ1) is 8.17. The molecule has 2 heteroatoms.